The maximum atomic E-state index is 12.0. The number of rotatable bonds is 6. The SMILES string of the molecule is Nc1ccccc1C(=O)N=Nc1ccc(NOC(=O)Cc2ccccc2)cc1. The first-order chi connectivity index (χ1) is 13.6. The zero-order valence-electron chi connectivity index (χ0n) is 14.9. The van der Waals surface area contributed by atoms with E-state index in [1.54, 1.807) is 48.5 Å². The number of amides is 1. The molecule has 3 rings (SSSR count). The summed E-state index contributed by atoms with van der Waals surface area (Å²) in [7, 11) is 0. The minimum absolute atomic E-state index is 0.171. The van der Waals surface area contributed by atoms with Crippen LogP contribution in [-0.4, -0.2) is 11.9 Å². The standard InChI is InChI=1S/C21H18N4O3/c22-19-9-5-4-8-18(19)21(27)24-23-16-10-12-17(13-11-16)25-28-20(26)14-15-6-2-1-3-7-15/h1-13,25H,14,22H2. The van der Waals surface area contributed by atoms with Crippen LogP contribution in [0.25, 0.3) is 0 Å². The Morgan fingerprint density at radius 3 is 2.29 bits per heavy atom. The fourth-order valence-electron chi connectivity index (χ4n) is 2.36. The van der Waals surface area contributed by atoms with E-state index in [9.17, 15) is 9.59 Å². The van der Waals surface area contributed by atoms with Crippen molar-refractivity contribution in [2.45, 2.75) is 6.42 Å². The van der Waals surface area contributed by atoms with Gasteiger partial charge in [-0.1, -0.05) is 42.5 Å². The highest BCUT2D eigenvalue weighted by molar-refractivity contribution is 5.99. The monoisotopic (exact) mass is 374 g/mol. The second-order valence-corrected chi connectivity index (χ2v) is 5.88. The van der Waals surface area contributed by atoms with Crippen LogP contribution in [0.4, 0.5) is 17.1 Å². The zero-order chi connectivity index (χ0) is 19.8. The number of nitrogens with two attached hydrogens (primary N) is 1. The molecular formula is C21H18N4O3. The van der Waals surface area contributed by atoms with E-state index >= 15 is 0 Å². The third-order valence-corrected chi connectivity index (χ3v) is 3.79. The van der Waals surface area contributed by atoms with E-state index in [1.807, 2.05) is 30.3 Å². The Bertz CT molecular complexity index is 986. The van der Waals surface area contributed by atoms with Gasteiger partial charge in [0, 0.05) is 5.69 Å². The number of azo groups is 1. The Balaban J connectivity index is 1.52. The predicted molar refractivity (Wildman–Crippen MR) is 106 cm³/mol. The summed E-state index contributed by atoms with van der Waals surface area (Å²) in [6.07, 6.45) is 0.171. The molecule has 1 amide bonds. The summed E-state index contributed by atoms with van der Waals surface area (Å²) >= 11 is 0. The summed E-state index contributed by atoms with van der Waals surface area (Å²) in [5.41, 5.74) is 10.9. The Hall–Kier alpha value is -4.00. The highest BCUT2D eigenvalue weighted by atomic mass is 16.7. The van der Waals surface area contributed by atoms with Gasteiger partial charge in [-0.2, -0.15) is 0 Å². The second kappa shape index (κ2) is 9.09. The summed E-state index contributed by atoms with van der Waals surface area (Å²) in [6.45, 7) is 0. The van der Waals surface area contributed by atoms with Crippen molar-refractivity contribution in [3.8, 4) is 0 Å². The Labute approximate surface area is 161 Å². The number of hydrogen-bond donors (Lipinski definition) is 2. The molecule has 0 atom stereocenters. The van der Waals surface area contributed by atoms with Crippen LogP contribution >= 0.6 is 0 Å². The Kier molecular flexibility index (Phi) is 6.10. The minimum atomic E-state index is -0.518. The lowest BCUT2D eigenvalue weighted by Gasteiger charge is -2.07. The molecule has 0 saturated heterocycles. The van der Waals surface area contributed by atoms with Crippen molar-refractivity contribution in [2.75, 3.05) is 11.2 Å². The van der Waals surface area contributed by atoms with Gasteiger partial charge in [0.25, 0.3) is 5.91 Å². The van der Waals surface area contributed by atoms with Gasteiger partial charge in [-0.15, -0.1) is 10.2 Å². The number of para-hydroxylation sites is 1. The molecule has 0 heterocycles. The minimum Gasteiger partial charge on any atom is -0.398 e. The van der Waals surface area contributed by atoms with Crippen LogP contribution < -0.4 is 11.2 Å². The van der Waals surface area contributed by atoms with Gasteiger partial charge in [-0.05, 0) is 42.0 Å². The number of carbonyl (C=O) groups is 2. The quantitative estimate of drug-likeness (QED) is 0.380. The molecule has 3 aromatic rings. The third-order valence-electron chi connectivity index (χ3n) is 3.79. The molecule has 3 aromatic carbocycles. The van der Waals surface area contributed by atoms with Crippen LogP contribution in [0.3, 0.4) is 0 Å². The molecule has 28 heavy (non-hydrogen) atoms. The number of nitrogens with zero attached hydrogens (tertiary/aromatic N) is 2. The van der Waals surface area contributed by atoms with Crippen molar-refractivity contribution >= 4 is 28.9 Å². The lowest BCUT2D eigenvalue weighted by atomic mass is 10.2. The average molecular weight is 374 g/mol. The van der Waals surface area contributed by atoms with Gasteiger partial charge in [0.15, 0.2) is 0 Å². The van der Waals surface area contributed by atoms with Crippen molar-refractivity contribution in [3.05, 3.63) is 90.0 Å². The lowest BCUT2D eigenvalue weighted by Crippen LogP contribution is -2.12. The highest BCUT2D eigenvalue weighted by Gasteiger charge is 2.08. The molecule has 0 unspecified atom stereocenters. The van der Waals surface area contributed by atoms with Crippen LogP contribution in [-0.2, 0) is 16.1 Å². The number of carbonyl (C=O) groups excluding carboxylic acids is 2. The largest absolute Gasteiger partial charge is 0.398 e. The van der Waals surface area contributed by atoms with Crippen LogP contribution in [0.1, 0.15) is 15.9 Å². The smallest absolute Gasteiger partial charge is 0.336 e. The first-order valence-corrected chi connectivity index (χ1v) is 8.52. The van der Waals surface area contributed by atoms with Gasteiger partial charge < -0.3 is 10.6 Å². The summed E-state index contributed by atoms with van der Waals surface area (Å²) in [4.78, 5) is 28.9. The zero-order valence-corrected chi connectivity index (χ0v) is 14.9. The van der Waals surface area contributed by atoms with E-state index in [0.29, 0.717) is 22.6 Å². The molecule has 0 bridgehead atoms. The predicted octanol–water partition coefficient (Wildman–Crippen LogP) is 4.31. The highest BCUT2D eigenvalue weighted by Crippen LogP contribution is 2.18. The number of hydrogen-bond acceptors (Lipinski definition) is 6. The maximum absolute atomic E-state index is 12.0. The van der Waals surface area contributed by atoms with E-state index < -0.39 is 11.9 Å². The van der Waals surface area contributed by atoms with Gasteiger partial charge in [0.05, 0.1) is 23.4 Å². The van der Waals surface area contributed by atoms with E-state index in [-0.39, 0.29) is 6.42 Å². The van der Waals surface area contributed by atoms with Gasteiger partial charge >= 0.3 is 5.97 Å². The fraction of sp³-hybridized carbons (Fsp3) is 0.0476. The van der Waals surface area contributed by atoms with Crippen LogP contribution in [0, 0.1) is 0 Å². The number of anilines is 2. The third kappa shape index (κ3) is 5.25. The summed E-state index contributed by atoms with van der Waals surface area (Å²) < 4.78 is 0. The van der Waals surface area contributed by atoms with Crippen molar-refractivity contribution in [1.29, 1.82) is 0 Å². The molecule has 7 heteroatoms. The summed E-state index contributed by atoms with van der Waals surface area (Å²) in [6, 6.07) is 22.6. The van der Waals surface area contributed by atoms with Crippen molar-refractivity contribution < 1.29 is 14.4 Å². The molecule has 0 fully saturated rings. The van der Waals surface area contributed by atoms with Gasteiger partial charge in [0.2, 0.25) is 0 Å². The molecule has 7 nitrogen and oxygen atoms in total. The second-order valence-electron chi connectivity index (χ2n) is 5.88. The van der Waals surface area contributed by atoms with E-state index in [2.05, 4.69) is 15.7 Å². The molecule has 0 radical (unpaired) electrons. The molecule has 0 aliphatic heterocycles. The summed E-state index contributed by atoms with van der Waals surface area (Å²) in [5.74, 6) is -0.920. The van der Waals surface area contributed by atoms with Gasteiger partial charge in [0.1, 0.15) is 0 Å². The first-order valence-electron chi connectivity index (χ1n) is 8.52. The number of nitrogens with one attached hydrogen (secondary N) is 1. The van der Waals surface area contributed by atoms with Crippen molar-refractivity contribution in [2.24, 2.45) is 10.2 Å². The van der Waals surface area contributed by atoms with E-state index in [1.165, 1.54) is 0 Å². The molecule has 0 aliphatic rings. The van der Waals surface area contributed by atoms with Gasteiger partial charge in [-0.25, -0.2) is 10.3 Å². The van der Waals surface area contributed by atoms with E-state index in [0.717, 1.165) is 5.56 Å². The number of benzene rings is 3. The van der Waals surface area contributed by atoms with E-state index in [4.69, 9.17) is 10.6 Å². The molecule has 0 aliphatic carbocycles. The lowest BCUT2D eigenvalue weighted by molar-refractivity contribution is -0.139. The first kappa shape index (κ1) is 18.8. The van der Waals surface area contributed by atoms with Crippen LogP contribution in [0.5, 0.6) is 0 Å². The van der Waals surface area contributed by atoms with Crippen molar-refractivity contribution in [1.82, 2.24) is 0 Å². The average Bonchev–Trinajstić information content (AvgIpc) is 2.72. The topological polar surface area (TPSA) is 106 Å². The number of nitrogen functional groups attached to an aromatic ring is 1. The van der Waals surface area contributed by atoms with Gasteiger partial charge in [-0.3, -0.25) is 4.79 Å². The van der Waals surface area contributed by atoms with Crippen LogP contribution in [0.2, 0.25) is 0 Å². The van der Waals surface area contributed by atoms with Crippen molar-refractivity contribution in [3.63, 3.8) is 0 Å². The fourth-order valence-corrected chi connectivity index (χ4v) is 2.36. The van der Waals surface area contributed by atoms with Crippen LogP contribution in [0.15, 0.2) is 89.1 Å². The molecular weight excluding hydrogens is 356 g/mol. The molecule has 0 aromatic heterocycles. The summed E-state index contributed by atoms with van der Waals surface area (Å²) in [5, 5.41) is 7.58. The Morgan fingerprint density at radius 1 is 0.893 bits per heavy atom. The maximum Gasteiger partial charge on any atom is 0.336 e. The molecule has 0 saturated carbocycles. The molecule has 140 valence electrons. The molecule has 0 spiro atoms. The Morgan fingerprint density at radius 2 is 1.57 bits per heavy atom. The molecule has 3 N–H and O–H groups in total. The normalized spacial score (nSPS) is 10.6.